The van der Waals surface area contributed by atoms with E-state index in [-0.39, 0.29) is 27.8 Å². The number of thioether (sulfide) groups is 1. The molecule has 0 aliphatic carbocycles. The first-order valence-electron chi connectivity index (χ1n) is 7.05. The molecule has 0 fully saturated rings. The van der Waals surface area contributed by atoms with E-state index in [4.69, 9.17) is 10.5 Å². The van der Waals surface area contributed by atoms with Crippen molar-refractivity contribution in [3.05, 3.63) is 58.1 Å². The predicted molar refractivity (Wildman–Crippen MR) is 94.0 cm³/mol. The Kier molecular flexibility index (Phi) is 5.96. The second-order valence-electron chi connectivity index (χ2n) is 4.87. The second kappa shape index (κ2) is 8.15. The van der Waals surface area contributed by atoms with Crippen LogP contribution in [0.3, 0.4) is 0 Å². The zero-order valence-corrected chi connectivity index (χ0v) is 14.0. The number of nitro groups is 1. The summed E-state index contributed by atoms with van der Waals surface area (Å²) in [6, 6.07) is 10.7. The lowest BCUT2D eigenvalue weighted by Crippen LogP contribution is -2.14. The Morgan fingerprint density at radius 3 is 2.48 bits per heavy atom. The number of primary amides is 1. The van der Waals surface area contributed by atoms with Crippen molar-refractivity contribution >= 4 is 35.0 Å². The molecule has 0 aliphatic rings. The quantitative estimate of drug-likeness (QED) is 0.443. The second-order valence-corrected chi connectivity index (χ2v) is 5.89. The molecule has 130 valence electrons. The fourth-order valence-corrected chi connectivity index (χ4v) is 2.75. The van der Waals surface area contributed by atoms with Crippen LogP contribution in [0.5, 0.6) is 5.75 Å². The van der Waals surface area contributed by atoms with Crippen molar-refractivity contribution in [2.75, 3.05) is 18.2 Å². The van der Waals surface area contributed by atoms with Crippen LogP contribution in [0.2, 0.25) is 0 Å². The summed E-state index contributed by atoms with van der Waals surface area (Å²) in [4.78, 5) is 33.9. The molecule has 0 saturated heterocycles. The van der Waals surface area contributed by atoms with Gasteiger partial charge in [0.05, 0.1) is 22.7 Å². The lowest BCUT2D eigenvalue weighted by Gasteiger charge is -2.07. The molecule has 3 N–H and O–H groups in total. The van der Waals surface area contributed by atoms with Crippen LogP contribution in [0.15, 0.2) is 47.4 Å². The average Bonchev–Trinajstić information content (AvgIpc) is 2.60. The minimum atomic E-state index is -0.753. The summed E-state index contributed by atoms with van der Waals surface area (Å²) in [6.45, 7) is 0. The Morgan fingerprint density at radius 2 is 1.92 bits per heavy atom. The Balaban J connectivity index is 2.03. The van der Waals surface area contributed by atoms with Crippen LogP contribution in [0.4, 0.5) is 11.4 Å². The number of hydrogen-bond donors (Lipinski definition) is 2. The number of nitro benzene ring substituents is 1. The number of carbonyl (C=O) groups excluding carboxylic acids is 2. The molecule has 9 heteroatoms. The SMILES string of the molecule is COc1ccc(NC(=O)CSc2ccc(C(N)=O)cc2[N+](=O)[O-])cc1. The molecule has 0 radical (unpaired) electrons. The van der Waals surface area contributed by atoms with Crippen molar-refractivity contribution in [3.63, 3.8) is 0 Å². The molecule has 2 aromatic rings. The Hall–Kier alpha value is -3.07. The van der Waals surface area contributed by atoms with E-state index in [2.05, 4.69) is 5.32 Å². The summed E-state index contributed by atoms with van der Waals surface area (Å²) in [5.41, 5.74) is 5.48. The minimum Gasteiger partial charge on any atom is -0.497 e. The van der Waals surface area contributed by atoms with E-state index in [1.54, 1.807) is 31.4 Å². The molecule has 0 bridgehead atoms. The number of rotatable bonds is 7. The third-order valence-electron chi connectivity index (χ3n) is 3.17. The molecular weight excluding hydrogens is 346 g/mol. The molecule has 2 aromatic carbocycles. The lowest BCUT2D eigenvalue weighted by molar-refractivity contribution is -0.387. The highest BCUT2D eigenvalue weighted by atomic mass is 32.2. The van der Waals surface area contributed by atoms with Crippen molar-refractivity contribution in [2.45, 2.75) is 4.90 Å². The molecule has 2 rings (SSSR count). The maximum atomic E-state index is 12.0. The largest absolute Gasteiger partial charge is 0.497 e. The van der Waals surface area contributed by atoms with Crippen LogP contribution in [0.1, 0.15) is 10.4 Å². The van der Waals surface area contributed by atoms with E-state index in [0.29, 0.717) is 11.4 Å². The number of ether oxygens (including phenoxy) is 1. The molecule has 0 unspecified atom stereocenters. The van der Waals surface area contributed by atoms with Crippen LogP contribution in [-0.4, -0.2) is 29.6 Å². The molecule has 0 spiro atoms. The van der Waals surface area contributed by atoms with Gasteiger partial charge in [-0.25, -0.2) is 0 Å². The van der Waals surface area contributed by atoms with Crippen molar-refractivity contribution in [2.24, 2.45) is 5.73 Å². The molecule has 8 nitrogen and oxygen atoms in total. The van der Waals surface area contributed by atoms with Gasteiger partial charge in [0, 0.05) is 17.3 Å². The third kappa shape index (κ3) is 4.95. The summed E-state index contributed by atoms with van der Waals surface area (Å²) < 4.78 is 5.03. The highest BCUT2D eigenvalue weighted by Gasteiger charge is 2.18. The van der Waals surface area contributed by atoms with Gasteiger partial charge in [0.15, 0.2) is 0 Å². The van der Waals surface area contributed by atoms with Gasteiger partial charge in [0.1, 0.15) is 5.75 Å². The molecule has 0 saturated carbocycles. The van der Waals surface area contributed by atoms with Gasteiger partial charge in [-0.2, -0.15) is 0 Å². The van der Waals surface area contributed by atoms with Gasteiger partial charge in [0.2, 0.25) is 11.8 Å². The van der Waals surface area contributed by atoms with Crippen molar-refractivity contribution in [3.8, 4) is 5.75 Å². The zero-order valence-electron chi connectivity index (χ0n) is 13.2. The third-order valence-corrected chi connectivity index (χ3v) is 4.24. The van der Waals surface area contributed by atoms with E-state index in [9.17, 15) is 19.7 Å². The van der Waals surface area contributed by atoms with E-state index in [1.165, 1.54) is 12.1 Å². The van der Waals surface area contributed by atoms with Crippen molar-refractivity contribution < 1.29 is 19.2 Å². The van der Waals surface area contributed by atoms with Crippen LogP contribution in [0, 0.1) is 10.1 Å². The molecule has 25 heavy (non-hydrogen) atoms. The maximum Gasteiger partial charge on any atom is 0.283 e. The van der Waals surface area contributed by atoms with Crippen LogP contribution in [-0.2, 0) is 4.79 Å². The number of benzene rings is 2. The predicted octanol–water partition coefficient (Wildman–Crippen LogP) is 2.43. The average molecular weight is 361 g/mol. The normalized spacial score (nSPS) is 10.1. The fourth-order valence-electron chi connectivity index (χ4n) is 1.95. The fraction of sp³-hybridized carbons (Fsp3) is 0.125. The Bertz CT molecular complexity index is 808. The number of amides is 2. The highest BCUT2D eigenvalue weighted by Crippen LogP contribution is 2.30. The van der Waals surface area contributed by atoms with E-state index in [1.807, 2.05) is 0 Å². The summed E-state index contributed by atoms with van der Waals surface area (Å²) in [7, 11) is 1.54. The monoisotopic (exact) mass is 361 g/mol. The summed E-state index contributed by atoms with van der Waals surface area (Å²) in [5.74, 6) is -0.430. The molecule has 0 atom stereocenters. The number of anilines is 1. The van der Waals surface area contributed by atoms with E-state index < -0.39 is 10.8 Å². The minimum absolute atomic E-state index is 0.0250. The van der Waals surface area contributed by atoms with Gasteiger partial charge in [-0.1, -0.05) is 0 Å². The summed E-state index contributed by atoms with van der Waals surface area (Å²) in [6.07, 6.45) is 0. The number of carbonyl (C=O) groups is 2. The lowest BCUT2D eigenvalue weighted by atomic mass is 10.2. The van der Waals surface area contributed by atoms with Gasteiger partial charge in [-0.15, -0.1) is 11.8 Å². The number of hydrogen-bond acceptors (Lipinski definition) is 6. The molecule has 2 amide bonds. The van der Waals surface area contributed by atoms with Crippen LogP contribution < -0.4 is 15.8 Å². The van der Waals surface area contributed by atoms with Gasteiger partial charge in [0.25, 0.3) is 5.69 Å². The number of methoxy groups -OCH3 is 1. The Morgan fingerprint density at radius 1 is 1.24 bits per heavy atom. The number of nitrogens with one attached hydrogen (secondary N) is 1. The van der Waals surface area contributed by atoms with Crippen LogP contribution in [0.25, 0.3) is 0 Å². The summed E-state index contributed by atoms with van der Waals surface area (Å²) >= 11 is 1.00. The first kappa shape index (κ1) is 18.3. The van der Waals surface area contributed by atoms with E-state index in [0.717, 1.165) is 17.8 Å². The smallest absolute Gasteiger partial charge is 0.283 e. The molecule has 0 aliphatic heterocycles. The van der Waals surface area contributed by atoms with Crippen LogP contribution >= 0.6 is 11.8 Å². The van der Waals surface area contributed by atoms with Gasteiger partial charge in [-0.05, 0) is 36.4 Å². The van der Waals surface area contributed by atoms with Crippen molar-refractivity contribution in [1.29, 1.82) is 0 Å². The molecular formula is C16H15N3O5S. The van der Waals surface area contributed by atoms with E-state index >= 15 is 0 Å². The van der Waals surface area contributed by atoms with Gasteiger partial charge < -0.3 is 15.8 Å². The Labute approximate surface area is 147 Å². The number of nitrogens with two attached hydrogens (primary N) is 1. The standard InChI is InChI=1S/C16H15N3O5S/c1-24-12-5-3-11(4-6-12)18-15(20)9-25-14-7-2-10(16(17)21)8-13(14)19(22)23/h2-8H,9H2,1H3,(H2,17,21)(H,18,20). The topological polar surface area (TPSA) is 125 Å². The first-order chi connectivity index (χ1) is 11.9. The highest BCUT2D eigenvalue weighted by molar-refractivity contribution is 8.00. The zero-order chi connectivity index (χ0) is 18.4. The maximum absolute atomic E-state index is 12.0. The first-order valence-corrected chi connectivity index (χ1v) is 8.04. The van der Waals surface area contributed by atoms with Crippen molar-refractivity contribution in [1.82, 2.24) is 0 Å². The molecule has 0 heterocycles. The van der Waals surface area contributed by atoms with Gasteiger partial charge >= 0.3 is 0 Å². The number of nitrogens with zero attached hydrogens (tertiary/aromatic N) is 1. The molecule has 0 aromatic heterocycles. The van der Waals surface area contributed by atoms with Gasteiger partial charge in [-0.3, -0.25) is 19.7 Å². The summed E-state index contributed by atoms with van der Waals surface area (Å²) in [5, 5.41) is 13.8.